The van der Waals surface area contributed by atoms with E-state index in [4.69, 9.17) is 18.0 Å². The second-order valence-corrected chi connectivity index (χ2v) is 5.51. The van der Waals surface area contributed by atoms with E-state index in [9.17, 15) is 0 Å². The first-order chi connectivity index (χ1) is 8.68. The van der Waals surface area contributed by atoms with Crippen molar-refractivity contribution in [3.05, 3.63) is 58.3 Å². The van der Waals surface area contributed by atoms with Gasteiger partial charge >= 0.3 is 0 Å². The normalized spacial score (nSPS) is 12.6. The Kier molecular flexibility index (Phi) is 4.47. The van der Waals surface area contributed by atoms with Crippen LogP contribution in [0.5, 0.6) is 0 Å². The lowest BCUT2D eigenvalue weighted by Gasteiger charge is -2.26. The number of likely N-dealkylation sites (N-methyl/N-ethyl adjacent to an activating group) is 1. The maximum atomic E-state index is 5.88. The van der Waals surface area contributed by atoms with Gasteiger partial charge in [0.05, 0.1) is 11.0 Å². The molecule has 0 radical (unpaired) electrons. The second-order valence-electron chi connectivity index (χ2n) is 4.26. The van der Waals surface area contributed by atoms with Crippen LogP contribution < -0.4 is 5.73 Å². The Morgan fingerprint density at radius 3 is 2.61 bits per heavy atom. The zero-order chi connectivity index (χ0) is 13.0. The number of rotatable bonds is 5. The summed E-state index contributed by atoms with van der Waals surface area (Å²) in [4.78, 5) is 2.70. The van der Waals surface area contributed by atoms with Crippen molar-refractivity contribution in [3.8, 4) is 0 Å². The highest BCUT2D eigenvalue weighted by Gasteiger charge is 2.20. The first-order valence-corrected chi connectivity index (χ1v) is 7.09. The monoisotopic (exact) mass is 276 g/mol. The van der Waals surface area contributed by atoms with E-state index in [-0.39, 0.29) is 6.04 Å². The van der Waals surface area contributed by atoms with Gasteiger partial charge in [0, 0.05) is 6.54 Å². The Balaban J connectivity index is 2.15. The molecular formula is C14H16N2S2. The molecule has 1 atom stereocenters. The minimum Gasteiger partial charge on any atom is -0.392 e. The van der Waals surface area contributed by atoms with Gasteiger partial charge in [0.25, 0.3) is 0 Å². The maximum absolute atomic E-state index is 5.88. The lowest BCUT2D eigenvalue weighted by molar-refractivity contribution is 0.294. The van der Waals surface area contributed by atoms with E-state index in [0.29, 0.717) is 4.99 Å². The standard InChI is InChI=1S/C14H16N2S2/c1-16(9-11-5-3-2-4-6-11)13(14(15)17)12-7-8-18-10-12/h2-8,10,13H,9H2,1H3,(H2,15,17). The van der Waals surface area contributed by atoms with Crippen molar-refractivity contribution >= 4 is 28.5 Å². The lowest BCUT2D eigenvalue weighted by Crippen LogP contribution is -2.33. The van der Waals surface area contributed by atoms with Gasteiger partial charge in [-0.1, -0.05) is 42.5 Å². The van der Waals surface area contributed by atoms with E-state index in [0.717, 1.165) is 6.54 Å². The molecule has 4 heteroatoms. The van der Waals surface area contributed by atoms with Gasteiger partial charge in [-0.25, -0.2) is 0 Å². The molecule has 0 fully saturated rings. The molecule has 1 heterocycles. The Morgan fingerprint density at radius 2 is 2.06 bits per heavy atom. The summed E-state index contributed by atoms with van der Waals surface area (Å²) in [7, 11) is 2.05. The predicted molar refractivity (Wildman–Crippen MR) is 81.8 cm³/mol. The van der Waals surface area contributed by atoms with Gasteiger partial charge in [0.1, 0.15) is 0 Å². The Hall–Kier alpha value is -1.23. The quantitative estimate of drug-likeness (QED) is 0.850. The van der Waals surface area contributed by atoms with Gasteiger partial charge < -0.3 is 5.73 Å². The molecule has 1 aromatic heterocycles. The summed E-state index contributed by atoms with van der Waals surface area (Å²) in [6, 6.07) is 12.4. The molecule has 0 aliphatic carbocycles. The van der Waals surface area contributed by atoms with E-state index >= 15 is 0 Å². The van der Waals surface area contributed by atoms with Crippen LogP contribution in [-0.4, -0.2) is 16.9 Å². The van der Waals surface area contributed by atoms with Crippen LogP contribution >= 0.6 is 23.6 Å². The maximum Gasteiger partial charge on any atom is 0.0948 e. The van der Waals surface area contributed by atoms with Crippen molar-refractivity contribution in [2.45, 2.75) is 12.6 Å². The molecular weight excluding hydrogens is 260 g/mol. The molecule has 18 heavy (non-hydrogen) atoms. The SMILES string of the molecule is CN(Cc1ccccc1)C(C(N)=S)c1ccsc1. The molecule has 0 saturated carbocycles. The highest BCUT2D eigenvalue weighted by molar-refractivity contribution is 7.80. The molecule has 0 amide bonds. The first kappa shape index (κ1) is 13.2. The highest BCUT2D eigenvalue weighted by Crippen LogP contribution is 2.23. The van der Waals surface area contributed by atoms with Crippen molar-refractivity contribution in [1.82, 2.24) is 4.90 Å². The number of hydrogen-bond acceptors (Lipinski definition) is 3. The fourth-order valence-corrected chi connectivity index (χ4v) is 3.02. The lowest BCUT2D eigenvalue weighted by atomic mass is 10.1. The van der Waals surface area contributed by atoms with Crippen LogP contribution in [0.3, 0.4) is 0 Å². The van der Waals surface area contributed by atoms with Crippen molar-refractivity contribution in [1.29, 1.82) is 0 Å². The molecule has 94 valence electrons. The summed E-state index contributed by atoms with van der Waals surface area (Å²) in [6.07, 6.45) is 0. The van der Waals surface area contributed by atoms with E-state index in [1.165, 1.54) is 11.1 Å². The van der Waals surface area contributed by atoms with Crippen LogP contribution in [0, 0.1) is 0 Å². The van der Waals surface area contributed by atoms with Gasteiger partial charge in [-0.2, -0.15) is 11.3 Å². The van der Waals surface area contributed by atoms with E-state index in [1.54, 1.807) is 11.3 Å². The van der Waals surface area contributed by atoms with Crippen molar-refractivity contribution in [2.75, 3.05) is 7.05 Å². The minimum atomic E-state index is 0.00598. The van der Waals surface area contributed by atoms with Crippen LogP contribution in [0.25, 0.3) is 0 Å². The van der Waals surface area contributed by atoms with Crippen molar-refractivity contribution in [3.63, 3.8) is 0 Å². The third kappa shape index (κ3) is 3.16. The molecule has 0 spiro atoms. The summed E-state index contributed by atoms with van der Waals surface area (Å²) < 4.78 is 0. The highest BCUT2D eigenvalue weighted by atomic mass is 32.1. The smallest absolute Gasteiger partial charge is 0.0948 e. The second kappa shape index (κ2) is 6.09. The molecule has 2 N–H and O–H groups in total. The molecule has 1 unspecified atom stereocenters. The summed E-state index contributed by atoms with van der Waals surface area (Å²) in [5.74, 6) is 0. The molecule has 0 bridgehead atoms. The van der Waals surface area contributed by atoms with Gasteiger partial charge in [-0.05, 0) is 35.0 Å². The summed E-state index contributed by atoms with van der Waals surface area (Å²) >= 11 is 6.87. The summed E-state index contributed by atoms with van der Waals surface area (Å²) in [6.45, 7) is 0.832. The fraction of sp³-hybridized carbons (Fsp3) is 0.214. The summed E-state index contributed by atoms with van der Waals surface area (Å²) in [5, 5.41) is 4.16. The third-order valence-corrected chi connectivity index (χ3v) is 3.77. The molecule has 2 aromatic rings. The van der Waals surface area contributed by atoms with E-state index in [1.807, 2.05) is 18.2 Å². The van der Waals surface area contributed by atoms with Crippen LogP contribution in [0.15, 0.2) is 47.2 Å². The topological polar surface area (TPSA) is 29.3 Å². The van der Waals surface area contributed by atoms with Crippen molar-refractivity contribution < 1.29 is 0 Å². The van der Waals surface area contributed by atoms with Crippen LogP contribution in [-0.2, 0) is 6.54 Å². The number of thiocarbonyl (C=S) groups is 1. The first-order valence-electron chi connectivity index (χ1n) is 5.74. The number of nitrogens with two attached hydrogens (primary N) is 1. The van der Waals surface area contributed by atoms with Crippen molar-refractivity contribution in [2.24, 2.45) is 5.73 Å². The number of nitrogens with zero attached hydrogens (tertiary/aromatic N) is 1. The Morgan fingerprint density at radius 1 is 1.33 bits per heavy atom. The number of hydrogen-bond donors (Lipinski definition) is 1. The van der Waals surface area contributed by atoms with Gasteiger partial charge in [0.15, 0.2) is 0 Å². The average molecular weight is 276 g/mol. The summed E-state index contributed by atoms with van der Waals surface area (Å²) in [5.41, 5.74) is 8.31. The minimum absolute atomic E-state index is 0.00598. The largest absolute Gasteiger partial charge is 0.392 e. The molecule has 0 aliphatic heterocycles. The van der Waals surface area contributed by atoms with Crippen LogP contribution in [0.2, 0.25) is 0 Å². The van der Waals surface area contributed by atoms with Gasteiger partial charge in [-0.15, -0.1) is 0 Å². The van der Waals surface area contributed by atoms with E-state index < -0.39 is 0 Å². The van der Waals surface area contributed by atoms with Crippen LogP contribution in [0.1, 0.15) is 17.2 Å². The number of benzene rings is 1. The third-order valence-electron chi connectivity index (χ3n) is 2.84. The van der Waals surface area contributed by atoms with Crippen LogP contribution in [0.4, 0.5) is 0 Å². The molecule has 2 rings (SSSR count). The molecule has 0 aliphatic rings. The average Bonchev–Trinajstić information content (AvgIpc) is 2.83. The molecule has 0 saturated heterocycles. The Bertz CT molecular complexity index is 494. The zero-order valence-corrected chi connectivity index (χ0v) is 11.9. The van der Waals surface area contributed by atoms with E-state index in [2.05, 4.69) is 40.9 Å². The predicted octanol–water partition coefficient (Wildman–Crippen LogP) is 3.21. The van der Waals surface area contributed by atoms with Gasteiger partial charge in [0.2, 0.25) is 0 Å². The molecule has 1 aromatic carbocycles. The molecule has 2 nitrogen and oxygen atoms in total. The van der Waals surface area contributed by atoms with Gasteiger partial charge in [-0.3, -0.25) is 4.90 Å². The fourth-order valence-electron chi connectivity index (χ4n) is 2.03. The Labute approximate surface area is 117 Å². The number of thiophene rings is 1. The zero-order valence-electron chi connectivity index (χ0n) is 10.2.